The summed E-state index contributed by atoms with van der Waals surface area (Å²) in [6, 6.07) is 9.76. The van der Waals surface area contributed by atoms with Crippen LogP contribution >= 0.6 is 0 Å². The number of rotatable bonds is 4. The van der Waals surface area contributed by atoms with Gasteiger partial charge in [0.15, 0.2) is 0 Å². The zero-order chi connectivity index (χ0) is 12.9. The molecule has 0 aliphatic carbocycles. The smallest absolute Gasteiger partial charge is 0.225 e. The van der Waals surface area contributed by atoms with Crippen LogP contribution in [0.1, 0.15) is 26.3 Å². The fourth-order valence-corrected chi connectivity index (χ4v) is 1.43. The summed E-state index contributed by atoms with van der Waals surface area (Å²) in [7, 11) is 0. The molecule has 1 aromatic carbocycles. The third-order valence-corrected chi connectivity index (χ3v) is 2.49. The van der Waals surface area contributed by atoms with Gasteiger partial charge in [-0.15, -0.1) is 0 Å². The first-order valence-electron chi connectivity index (χ1n) is 5.90. The van der Waals surface area contributed by atoms with Crippen molar-refractivity contribution in [1.82, 2.24) is 5.32 Å². The Morgan fingerprint density at radius 1 is 1.29 bits per heavy atom. The highest BCUT2D eigenvalue weighted by atomic mass is 16.3. The topological polar surface area (TPSA) is 49.3 Å². The van der Waals surface area contributed by atoms with E-state index >= 15 is 0 Å². The fourth-order valence-electron chi connectivity index (χ4n) is 1.43. The number of nitrogens with one attached hydrogen (secondary N) is 1. The first kappa shape index (κ1) is 13.7. The molecule has 0 aliphatic heterocycles. The van der Waals surface area contributed by atoms with E-state index in [1.54, 1.807) is 0 Å². The number of aliphatic hydroxyl groups is 1. The Bertz CT molecular complexity index is 354. The molecule has 94 valence electrons. The summed E-state index contributed by atoms with van der Waals surface area (Å²) < 4.78 is 0. The lowest BCUT2D eigenvalue weighted by atomic mass is 9.95. The van der Waals surface area contributed by atoms with Gasteiger partial charge in [0.25, 0.3) is 0 Å². The molecular weight excluding hydrogens is 214 g/mol. The van der Waals surface area contributed by atoms with Gasteiger partial charge in [-0.1, -0.05) is 51.1 Å². The van der Waals surface area contributed by atoms with E-state index in [-0.39, 0.29) is 5.91 Å². The van der Waals surface area contributed by atoms with Gasteiger partial charge < -0.3 is 10.4 Å². The van der Waals surface area contributed by atoms with Crippen LogP contribution in [0.2, 0.25) is 0 Å². The largest absolute Gasteiger partial charge is 0.391 e. The number of aliphatic hydroxyl groups excluding tert-OH is 1. The van der Waals surface area contributed by atoms with Gasteiger partial charge >= 0.3 is 0 Å². The molecule has 0 heterocycles. The van der Waals surface area contributed by atoms with Gasteiger partial charge in [0, 0.05) is 18.4 Å². The molecule has 1 rings (SSSR count). The molecule has 0 bridgehead atoms. The van der Waals surface area contributed by atoms with Crippen molar-refractivity contribution in [1.29, 1.82) is 0 Å². The summed E-state index contributed by atoms with van der Waals surface area (Å²) in [5, 5.41) is 12.6. The second kappa shape index (κ2) is 5.82. The first-order valence-corrected chi connectivity index (χ1v) is 5.90. The van der Waals surface area contributed by atoms with Crippen LogP contribution in [0.5, 0.6) is 0 Å². The Hall–Kier alpha value is -1.35. The highest BCUT2D eigenvalue weighted by Crippen LogP contribution is 2.12. The molecule has 0 radical (unpaired) electrons. The SMILES string of the molecule is CC(C)(C)C(=O)NCC(O)Cc1ccccc1. The predicted octanol–water partition coefficient (Wildman–Crippen LogP) is 1.75. The minimum absolute atomic E-state index is 0.0374. The van der Waals surface area contributed by atoms with Crippen LogP contribution in [0.4, 0.5) is 0 Å². The van der Waals surface area contributed by atoms with Crippen LogP contribution in [-0.4, -0.2) is 23.7 Å². The van der Waals surface area contributed by atoms with E-state index in [0.29, 0.717) is 13.0 Å². The monoisotopic (exact) mass is 235 g/mol. The Labute approximate surface area is 103 Å². The number of hydrogen-bond acceptors (Lipinski definition) is 2. The molecule has 0 fully saturated rings. The Morgan fingerprint density at radius 3 is 2.41 bits per heavy atom. The minimum atomic E-state index is -0.538. The fraction of sp³-hybridized carbons (Fsp3) is 0.500. The van der Waals surface area contributed by atoms with Crippen molar-refractivity contribution in [2.24, 2.45) is 5.41 Å². The van der Waals surface area contributed by atoms with E-state index < -0.39 is 11.5 Å². The number of amides is 1. The Balaban J connectivity index is 2.36. The number of hydrogen-bond donors (Lipinski definition) is 2. The van der Waals surface area contributed by atoms with E-state index in [2.05, 4.69) is 5.32 Å². The summed E-state index contributed by atoms with van der Waals surface area (Å²) in [5.74, 6) is -0.0374. The van der Waals surface area contributed by atoms with Gasteiger partial charge in [0.1, 0.15) is 0 Å². The van der Waals surface area contributed by atoms with Crippen LogP contribution in [0.3, 0.4) is 0 Å². The molecule has 0 spiro atoms. The average molecular weight is 235 g/mol. The van der Waals surface area contributed by atoms with Crippen LogP contribution in [-0.2, 0) is 11.2 Å². The van der Waals surface area contributed by atoms with Crippen molar-refractivity contribution < 1.29 is 9.90 Å². The summed E-state index contributed by atoms with van der Waals surface area (Å²) in [5.41, 5.74) is 0.664. The van der Waals surface area contributed by atoms with Crippen molar-refractivity contribution in [3.63, 3.8) is 0 Å². The van der Waals surface area contributed by atoms with Crippen molar-refractivity contribution in [3.8, 4) is 0 Å². The highest BCUT2D eigenvalue weighted by Gasteiger charge is 2.21. The molecule has 1 aromatic rings. The lowest BCUT2D eigenvalue weighted by molar-refractivity contribution is -0.128. The maximum atomic E-state index is 11.6. The molecule has 0 aromatic heterocycles. The standard InChI is InChI=1S/C14H21NO2/c1-14(2,3)13(17)15-10-12(16)9-11-7-5-4-6-8-11/h4-8,12,16H,9-10H2,1-3H3,(H,15,17). The molecule has 1 amide bonds. The van der Waals surface area contributed by atoms with E-state index in [0.717, 1.165) is 5.56 Å². The molecule has 17 heavy (non-hydrogen) atoms. The summed E-state index contributed by atoms with van der Waals surface area (Å²) >= 11 is 0. The molecule has 0 aliphatic rings. The van der Waals surface area contributed by atoms with Gasteiger partial charge in [-0.3, -0.25) is 4.79 Å². The maximum absolute atomic E-state index is 11.6. The Kier molecular flexibility index (Phi) is 4.70. The molecule has 0 saturated carbocycles. The molecule has 0 saturated heterocycles. The van der Waals surface area contributed by atoms with Gasteiger partial charge in [-0.25, -0.2) is 0 Å². The van der Waals surface area contributed by atoms with Gasteiger partial charge in [0.2, 0.25) is 5.91 Å². The van der Waals surface area contributed by atoms with Gasteiger partial charge in [0.05, 0.1) is 6.10 Å². The second-order valence-corrected chi connectivity index (χ2v) is 5.30. The summed E-state index contributed by atoms with van der Waals surface area (Å²) in [4.78, 5) is 11.6. The van der Waals surface area contributed by atoms with Crippen LogP contribution in [0.25, 0.3) is 0 Å². The molecule has 1 unspecified atom stereocenters. The van der Waals surface area contributed by atoms with Gasteiger partial charge in [-0.2, -0.15) is 0 Å². The predicted molar refractivity (Wildman–Crippen MR) is 68.6 cm³/mol. The van der Waals surface area contributed by atoms with Crippen molar-refractivity contribution in [3.05, 3.63) is 35.9 Å². The van der Waals surface area contributed by atoms with E-state index in [4.69, 9.17) is 0 Å². The summed E-state index contributed by atoms with van der Waals surface area (Å²) in [6.07, 6.45) is 0.0225. The number of carbonyl (C=O) groups excluding carboxylic acids is 1. The van der Waals surface area contributed by atoms with E-state index in [1.807, 2.05) is 51.1 Å². The van der Waals surface area contributed by atoms with E-state index in [1.165, 1.54) is 0 Å². The summed E-state index contributed by atoms with van der Waals surface area (Å²) in [6.45, 7) is 5.86. The lowest BCUT2D eigenvalue weighted by Gasteiger charge is -2.19. The van der Waals surface area contributed by atoms with Crippen LogP contribution < -0.4 is 5.32 Å². The highest BCUT2D eigenvalue weighted by molar-refractivity contribution is 5.81. The second-order valence-electron chi connectivity index (χ2n) is 5.30. The molecule has 1 atom stereocenters. The molecule has 2 N–H and O–H groups in total. The lowest BCUT2D eigenvalue weighted by Crippen LogP contribution is -2.39. The van der Waals surface area contributed by atoms with Crippen LogP contribution in [0, 0.1) is 5.41 Å². The zero-order valence-electron chi connectivity index (χ0n) is 10.7. The number of carbonyl (C=O) groups is 1. The number of benzene rings is 1. The Morgan fingerprint density at radius 2 is 1.88 bits per heavy atom. The molecule has 3 heteroatoms. The molecular formula is C14H21NO2. The quantitative estimate of drug-likeness (QED) is 0.835. The van der Waals surface area contributed by atoms with E-state index in [9.17, 15) is 9.90 Å². The third kappa shape index (κ3) is 5.00. The third-order valence-electron chi connectivity index (χ3n) is 2.49. The molecule has 3 nitrogen and oxygen atoms in total. The normalized spacial score (nSPS) is 13.2. The van der Waals surface area contributed by atoms with Crippen molar-refractivity contribution in [2.45, 2.75) is 33.3 Å². The van der Waals surface area contributed by atoms with Crippen molar-refractivity contribution in [2.75, 3.05) is 6.54 Å². The van der Waals surface area contributed by atoms with Crippen LogP contribution in [0.15, 0.2) is 30.3 Å². The minimum Gasteiger partial charge on any atom is -0.391 e. The van der Waals surface area contributed by atoms with Crippen molar-refractivity contribution >= 4 is 5.91 Å². The first-order chi connectivity index (χ1) is 7.89. The van der Waals surface area contributed by atoms with Gasteiger partial charge in [-0.05, 0) is 5.56 Å². The average Bonchev–Trinajstić information content (AvgIpc) is 2.26. The maximum Gasteiger partial charge on any atom is 0.225 e. The zero-order valence-corrected chi connectivity index (χ0v) is 10.7.